The second-order valence-corrected chi connectivity index (χ2v) is 6.93. The van der Waals surface area contributed by atoms with Gasteiger partial charge in [0.25, 0.3) is 0 Å². The summed E-state index contributed by atoms with van der Waals surface area (Å²) in [5.74, 6) is -1.42. The minimum atomic E-state index is -3.36. The van der Waals surface area contributed by atoms with Crippen molar-refractivity contribution in [3.63, 3.8) is 0 Å². The van der Waals surface area contributed by atoms with Crippen molar-refractivity contribution in [1.82, 2.24) is 10.3 Å². The Kier molecular flexibility index (Phi) is 5.27. The first-order chi connectivity index (χ1) is 10.8. The van der Waals surface area contributed by atoms with Gasteiger partial charge in [-0.25, -0.2) is 17.2 Å². The molecular weight excluding hydrogens is 324 g/mol. The van der Waals surface area contributed by atoms with Gasteiger partial charge in [0.15, 0.2) is 0 Å². The zero-order valence-electron chi connectivity index (χ0n) is 12.7. The van der Waals surface area contributed by atoms with E-state index in [9.17, 15) is 17.2 Å². The lowest BCUT2D eigenvalue weighted by Crippen LogP contribution is -2.20. The van der Waals surface area contributed by atoms with Gasteiger partial charge < -0.3 is 5.32 Å². The van der Waals surface area contributed by atoms with Crippen molar-refractivity contribution in [3.05, 3.63) is 59.4 Å². The van der Waals surface area contributed by atoms with Crippen molar-refractivity contribution in [2.45, 2.75) is 19.5 Å². The number of nitrogens with zero attached hydrogens (tertiary/aromatic N) is 1. The summed E-state index contributed by atoms with van der Waals surface area (Å²) in [4.78, 5) is 3.43. The summed E-state index contributed by atoms with van der Waals surface area (Å²) in [5.41, 5.74) is 1.13. The van der Waals surface area contributed by atoms with Gasteiger partial charge >= 0.3 is 0 Å². The maximum absolute atomic E-state index is 13.5. The first kappa shape index (κ1) is 17.3. The Morgan fingerprint density at radius 1 is 1.22 bits per heavy atom. The van der Waals surface area contributed by atoms with Gasteiger partial charge in [0, 0.05) is 23.8 Å². The van der Waals surface area contributed by atoms with Gasteiger partial charge in [-0.05, 0) is 24.6 Å². The third-order valence-electron chi connectivity index (χ3n) is 3.23. The fraction of sp³-hybridized carbons (Fsp3) is 0.267. The molecule has 0 amide bonds. The summed E-state index contributed by atoms with van der Waals surface area (Å²) >= 11 is 0. The maximum Gasteiger partial charge on any atom is 0.229 e. The van der Waals surface area contributed by atoms with Gasteiger partial charge in [-0.3, -0.25) is 9.71 Å². The van der Waals surface area contributed by atoms with Crippen molar-refractivity contribution >= 4 is 15.7 Å². The zero-order chi connectivity index (χ0) is 17.0. The van der Waals surface area contributed by atoms with E-state index in [0.29, 0.717) is 5.69 Å². The average Bonchev–Trinajstić information content (AvgIpc) is 2.45. The number of aromatic nitrogens is 1. The van der Waals surface area contributed by atoms with E-state index in [1.807, 2.05) is 6.92 Å². The molecule has 2 aromatic rings. The highest BCUT2D eigenvalue weighted by molar-refractivity contribution is 7.92. The minimum absolute atomic E-state index is 0.00884. The normalized spacial score (nSPS) is 12.9. The van der Waals surface area contributed by atoms with Crippen LogP contribution in [-0.2, 0) is 16.6 Å². The molecule has 1 unspecified atom stereocenters. The molecule has 1 heterocycles. The van der Waals surface area contributed by atoms with Crippen LogP contribution < -0.4 is 10.0 Å². The molecule has 1 aromatic carbocycles. The van der Waals surface area contributed by atoms with Gasteiger partial charge in [0.2, 0.25) is 10.0 Å². The molecule has 1 aromatic heterocycles. The fourth-order valence-electron chi connectivity index (χ4n) is 2.07. The predicted molar refractivity (Wildman–Crippen MR) is 84.3 cm³/mol. The summed E-state index contributed by atoms with van der Waals surface area (Å²) in [5, 5.41) is 3.00. The van der Waals surface area contributed by atoms with Crippen LogP contribution in [0.1, 0.15) is 24.1 Å². The first-order valence-electron chi connectivity index (χ1n) is 6.85. The van der Waals surface area contributed by atoms with E-state index < -0.39 is 21.7 Å². The van der Waals surface area contributed by atoms with Crippen LogP contribution >= 0.6 is 0 Å². The maximum atomic E-state index is 13.5. The Morgan fingerprint density at radius 3 is 2.48 bits per heavy atom. The largest absolute Gasteiger partial charge is 0.306 e. The highest BCUT2D eigenvalue weighted by Crippen LogP contribution is 2.19. The van der Waals surface area contributed by atoms with Gasteiger partial charge in [0.1, 0.15) is 11.6 Å². The molecule has 0 radical (unpaired) electrons. The Labute approximate surface area is 133 Å². The second-order valence-electron chi connectivity index (χ2n) is 5.18. The van der Waals surface area contributed by atoms with Crippen LogP contribution in [0.4, 0.5) is 14.5 Å². The van der Waals surface area contributed by atoms with Gasteiger partial charge in [-0.15, -0.1) is 0 Å². The van der Waals surface area contributed by atoms with Crippen LogP contribution in [0.2, 0.25) is 0 Å². The highest BCUT2D eigenvalue weighted by atomic mass is 32.2. The van der Waals surface area contributed by atoms with E-state index in [4.69, 9.17) is 0 Å². The summed E-state index contributed by atoms with van der Waals surface area (Å²) in [6, 6.07) is 6.56. The molecule has 8 heteroatoms. The Bertz CT molecular complexity index is 777. The Morgan fingerprint density at radius 2 is 1.87 bits per heavy atom. The number of nitrogens with one attached hydrogen (secondary N) is 2. The molecule has 0 spiro atoms. The van der Waals surface area contributed by atoms with E-state index in [2.05, 4.69) is 15.0 Å². The van der Waals surface area contributed by atoms with Crippen molar-refractivity contribution in [3.8, 4) is 0 Å². The molecule has 0 aliphatic carbocycles. The van der Waals surface area contributed by atoms with Crippen LogP contribution in [-0.4, -0.2) is 19.7 Å². The zero-order valence-corrected chi connectivity index (χ0v) is 13.5. The molecule has 1 atom stereocenters. The molecule has 0 saturated heterocycles. The molecule has 0 fully saturated rings. The molecule has 5 nitrogen and oxygen atoms in total. The number of hydrogen-bond donors (Lipinski definition) is 2. The second kappa shape index (κ2) is 7.01. The quantitative estimate of drug-likeness (QED) is 0.847. The van der Waals surface area contributed by atoms with E-state index in [1.54, 1.807) is 24.3 Å². The minimum Gasteiger partial charge on any atom is -0.306 e. The molecule has 124 valence electrons. The lowest BCUT2D eigenvalue weighted by atomic mass is 10.1. The van der Waals surface area contributed by atoms with Crippen LogP contribution in [0.3, 0.4) is 0 Å². The van der Waals surface area contributed by atoms with Crippen molar-refractivity contribution in [2.24, 2.45) is 0 Å². The molecule has 2 N–H and O–H groups in total. The molecule has 0 aliphatic rings. The number of hydrogen-bond acceptors (Lipinski definition) is 4. The topological polar surface area (TPSA) is 71.1 Å². The van der Waals surface area contributed by atoms with Gasteiger partial charge in [0.05, 0.1) is 18.6 Å². The lowest BCUT2D eigenvalue weighted by molar-refractivity contribution is 0.503. The molecule has 0 saturated carbocycles. The number of sulfonamides is 1. The molecular formula is C15H17F2N3O2S. The van der Waals surface area contributed by atoms with Gasteiger partial charge in [-0.2, -0.15) is 0 Å². The smallest absolute Gasteiger partial charge is 0.229 e. The molecule has 23 heavy (non-hydrogen) atoms. The number of rotatable bonds is 6. The summed E-state index contributed by atoms with van der Waals surface area (Å²) in [6.45, 7) is 1.81. The van der Waals surface area contributed by atoms with Crippen LogP contribution in [0.5, 0.6) is 0 Å². The number of halogens is 2. The molecule has 0 aliphatic heterocycles. The first-order valence-corrected chi connectivity index (χ1v) is 8.74. The monoisotopic (exact) mass is 341 g/mol. The van der Waals surface area contributed by atoms with E-state index in [0.717, 1.165) is 24.2 Å². The van der Waals surface area contributed by atoms with E-state index in [-0.39, 0.29) is 18.2 Å². The summed E-state index contributed by atoms with van der Waals surface area (Å²) < 4.78 is 52.0. The Hall–Kier alpha value is -2.06. The summed E-state index contributed by atoms with van der Waals surface area (Å²) in [6.07, 6.45) is 2.99. The Balaban J connectivity index is 2.09. The molecule has 2 rings (SSSR count). The number of pyridine rings is 1. The third-order valence-corrected chi connectivity index (χ3v) is 3.83. The van der Waals surface area contributed by atoms with Crippen LogP contribution in [0, 0.1) is 11.6 Å². The SMILES string of the molecule is CC(NCc1c(F)cncc1F)c1cccc(NS(C)(=O)=O)c1. The number of anilines is 1. The predicted octanol–water partition coefficient (Wildman–Crippen LogP) is 2.58. The number of benzene rings is 1. The van der Waals surface area contributed by atoms with Crippen molar-refractivity contribution in [1.29, 1.82) is 0 Å². The third kappa shape index (κ3) is 4.97. The van der Waals surface area contributed by atoms with E-state index in [1.165, 1.54) is 0 Å². The van der Waals surface area contributed by atoms with Crippen LogP contribution in [0.15, 0.2) is 36.7 Å². The standard InChI is InChI=1S/C15H17F2N3O2S/c1-10(19-7-13-14(16)8-18-9-15(13)17)11-4-3-5-12(6-11)20-23(2,21)22/h3-6,8-10,19-20H,7H2,1-2H3. The van der Waals surface area contributed by atoms with Crippen molar-refractivity contribution < 1.29 is 17.2 Å². The highest BCUT2D eigenvalue weighted by Gasteiger charge is 2.12. The average molecular weight is 341 g/mol. The van der Waals surface area contributed by atoms with E-state index >= 15 is 0 Å². The lowest BCUT2D eigenvalue weighted by Gasteiger charge is -2.16. The molecule has 0 bridgehead atoms. The summed E-state index contributed by atoms with van der Waals surface area (Å²) in [7, 11) is -3.36. The van der Waals surface area contributed by atoms with Crippen LogP contribution in [0.25, 0.3) is 0 Å². The van der Waals surface area contributed by atoms with Gasteiger partial charge in [-0.1, -0.05) is 12.1 Å². The fourth-order valence-corrected chi connectivity index (χ4v) is 2.62. The van der Waals surface area contributed by atoms with Crippen molar-refractivity contribution in [2.75, 3.05) is 11.0 Å².